The van der Waals surface area contributed by atoms with Crippen LogP contribution in [0.15, 0.2) is 23.2 Å². The average Bonchev–Trinajstić information content (AvgIpc) is 2.93. The number of nitro benzene ring substituents is 1. The first-order valence-electron chi connectivity index (χ1n) is 8.80. The number of aliphatic imine (C=N–C) groups is 1. The highest BCUT2D eigenvalue weighted by Crippen LogP contribution is 2.39. The summed E-state index contributed by atoms with van der Waals surface area (Å²) in [6.07, 6.45) is 1.57. The van der Waals surface area contributed by atoms with Crippen molar-refractivity contribution in [3.8, 4) is 5.88 Å². The normalized spacial score (nSPS) is 21.7. The van der Waals surface area contributed by atoms with Crippen LogP contribution in [0.3, 0.4) is 0 Å². The molecule has 1 unspecified atom stereocenters. The molecule has 1 aromatic heterocycles. The molecular weight excluding hydrogens is 338 g/mol. The Labute approximate surface area is 150 Å². The first-order valence-corrected chi connectivity index (χ1v) is 8.80. The zero-order valence-corrected chi connectivity index (χ0v) is 14.6. The molecule has 2 aliphatic rings. The topological polar surface area (TPSA) is 99.1 Å². The maximum atomic E-state index is 11.2. The number of hydrogen-bond acceptors (Lipinski definition) is 6. The first-order chi connectivity index (χ1) is 12.6. The molecule has 0 bridgehead atoms. The Kier molecular flexibility index (Phi) is 4.37. The van der Waals surface area contributed by atoms with Gasteiger partial charge in [0.2, 0.25) is 5.88 Å². The summed E-state index contributed by atoms with van der Waals surface area (Å²) in [6, 6.07) is 4.77. The van der Waals surface area contributed by atoms with Crippen LogP contribution >= 0.6 is 0 Å². The second-order valence-corrected chi connectivity index (χ2v) is 6.81. The van der Waals surface area contributed by atoms with Crippen molar-refractivity contribution in [1.82, 2.24) is 4.57 Å². The van der Waals surface area contributed by atoms with Crippen LogP contribution in [-0.2, 0) is 9.47 Å². The van der Waals surface area contributed by atoms with Crippen LogP contribution < -0.4 is 0 Å². The number of fused-ring (bicyclic) bond motifs is 1. The summed E-state index contributed by atoms with van der Waals surface area (Å²) in [7, 11) is 0. The van der Waals surface area contributed by atoms with E-state index >= 15 is 0 Å². The Hall–Kier alpha value is -2.45. The minimum absolute atomic E-state index is 0.00625. The van der Waals surface area contributed by atoms with Crippen molar-refractivity contribution in [2.45, 2.75) is 31.8 Å². The SMILES string of the molecule is CC1COCC(c2c(O)n(C3CCOCC3)c3ccc([N+](=O)[O-])cc23)=N1. The monoisotopic (exact) mass is 359 g/mol. The van der Waals surface area contributed by atoms with Crippen LogP contribution in [0.25, 0.3) is 10.9 Å². The summed E-state index contributed by atoms with van der Waals surface area (Å²) < 4.78 is 12.9. The van der Waals surface area contributed by atoms with Crippen LogP contribution in [-0.4, -0.2) is 52.8 Å². The molecule has 2 aliphatic heterocycles. The number of aromatic hydroxyl groups is 1. The van der Waals surface area contributed by atoms with Crippen molar-refractivity contribution in [2.75, 3.05) is 26.4 Å². The molecule has 0 amide bonds. The van der Waals surface area contributed by atoms with Crippen LogP contribution in [0.5, 0.6) is 5.88 Å². The standard InChI is InChI=1S/C18H21N3O5/c1-11-9-26-10-15(19-11)17-14-8-13(21(23)24)2-3-16(14)20(18(17)22)12-4-6-25-7-5-12/h2-3,8,11-12,22H,4-7,9-10H2,1H3. The molecule has 26 heavy (non-hydrogen) atoms. The fourth-order valence-electron chi connectivity index (χ4n) is 3.80. The summed E-state index contributed by atoms with van der Waals surface area (Å²) in [4.78, 5) is 15.4. The zero-order chi connectivity index (χ0) is 18.3. The fraction of sp³-hybridized carbons (Fsp3) is 0.500. The predicted molar refractivity (Wildman–Crippen MR) is 96.2 cm³/mol. The molecule has 0 radical (unpaired) electrons. The van der Waals surface area contributed by atoms with Gasteiger partial charge in [0, 0.05) is 36.8 Å². The molecule has 138 valence electrons. The lowest BCUT2D eigenvalue weighted by atomic mass is 10.1. The molecule has 0 saturated carbocycles. The number of benzene rings is 1. The van der Waals surface area contributed by atoms with Crippen molar-refractivity contribution in [3.63, 3.8) is 0 Å². The number of hydrogen-bond donors (Lipinski definition) is 1. The minimum Gasteiger partial charge on any atom is -0.494 e. The number of nitrogens with zero attached hydrogens (tertiary/aromatic N) is 3. The Morgan fingerprint density at radius 3 is 2.77 bits per heavy atom. The summed E-state index contributed by atoms with van der Waals surface area (Å²) in [6.45, 7) is 4.02. The molecule has 1 aromatic carbocycles. The number of nitro groups is 1. The molecule has 8 nitrogen and oxygen atoms in total. The average molecular weight is 359 g/mol. The van der Waals surface area contributed by atoms with Gasteiger partial charge in [-0.15, -0.1) is 0 Å². The Morgan fingerprint density at radius 1 is 1.31 bits per heavy atom. The summed E-state index contributed by atoms with van der Waals surface area (Å²) in [5.74, 6) is 0.101. The summed E-state index contributed by atoms with van der Waals surface area (Å²) in [5, 5.41) is 22.9. The lowest BCUT2D eigenvalue weighted by Crippen LogP contribution is -2.24. The lowest BCUT2D eigenvalue weighted by molar-refractivity contribution is -0.384. The Morgan fingerprint density at radius 2 is 2.08 bits per heavy atom. The molecule has 0 aliphatic carbocycles. The molecule has 8 heteroatoms. The molecule has 2 aromatic rings. The third-order valence-electron chi connectivity index (χ3n) is 4.99. The van der Waals surface area contributed by atoms with Crippen LogP contribution in [0.2, 0.25) is 0 Å². The van der Waals surface area contributed by atoms with Crippen molar-refractivity contribution >= 4 is 22.3 Å². The fourth-order valence-corrected chi connectivity index (χ4v) is 3.80. The molecule has 1 atom stereocenters. The van der Waals surface area contributed by atoms with Gasteiger partial charge in [-0.25, -0.2) is 0 Å². The van der Waals surface area contributed by atoms with Gasteiger partial charge in [-0.1, -0.05) is 0 Å². The van der Waals surface area contributed by atoms with E-state index in [9.17, 15) is 15.2 Å². The van der Waals surface area contributed by atoms with Crippen LogP contribution in [0, 0.1) is 10.1 Å². The van der Waals surface area contributed by atoms with E-state index in [0.717, 1.165) is 18.4 Å². The van der Waals surface area contributed by atoms with E-state index in [0.29, 0.717) is 36.5 Å². The number of rotatable bonds is 3. The third-order valence-corrected chi connectivity index (χ3v) is 4.99. The van der Waals surface area contributed by atoms with Gasteiger partial charge < -0.3 is 19.1 Å². The number of aromatic nitrogens is 1. The molecular formula is C18H21N3O5. The van der Waals surface area contributed by atoms with Crippen molar-refractivity contribution < 1.29 is 19.5 Å². The molecule has 1 fully saturated rings. The Balaban J connectivity index is 1.94. The van der Waals surface area contributed by atoms with E-state index in [1.54, 1.807) is 6.07 Å². The van der Waals surface area contributed by atoms with E-state index in [1.165, 1.54) is 12.1 Å². The molecule has 1 saturated heterocycles. The second-order valence-electron chi connectivity index (χ2n) is 6.81. The van der Waals surface area contributed by atoms with Gasteiger partial charge >= 0.3 is 0 Å². The van der Waals surface area contributed by atoms with Gasteiger partial charge in [-0.05, 0) is 25.8 Å². The Bertz CT molecular complexity index is 883. The second kappa shape index (κ2) is 6.69. The van der Waals surface area contributed by atoms with E-state index in [4.69, 9.17) is 9.47 Å². The van der Waals surface area contributed by atoms with Gasteiger partial charge in [0.15, 0.2) is 0 Å². The smallest absolute Gasteiger partial charge is 0.270 e. The quantitative estimate of drug-likeness (QED) is 0.671. The molecule has 1 N–H and O–H groups in total. The van der Waals surface area contributed by atoms with Crippen molar-refractivity contribution in [3.05, 3.63) is 33.9 Å². The van der Waals surface area contributed by atoms with Crippen molar-refractivity contribution in [2.24, 2.45) is 4.99 Å². The zero-order valence-electron chi connectivity index (χ0n) is 14.6. The maximum Gasteiger partial charge on any atom is 0.270 e. The number of non-ortho nitro benzene ring substituents is 1. The highest BCUT2D eigenvalue weighted by atomic mass is 16.6. The summed E-state index contributed by atoms with van der Waals surface area (Å²) in [5.41, 5.74) is 1.95. The maximum absolute atomic E-state index is 11.2. The van der Waals surface area contributed by atoms with Gasteiger partial charge in [-0.2, -0.15) is 0 Å². The largest absolute Gasteiger partial charge is 0.494 e. The highest BCUT2D eigenvalue weighted by molar-refractivity contribution is 6.14. The minimum atomic E-state index is -0.423. The van der Waals surface area contributed by atoms with Gasteiger partial charge in [-0.3, -0.25) is 15.1 Å². The third kappa shape index (κ3) is 2.85. The van der Waals surface area contributed by atoms with Gasteiger partial charge in [0.1, 0.15) is 0 Å². The molecule has 3 heterocycles. The number of ether oxygens (including phenoxy) is 2. The highest BCUT2D eigenvalue weighted by Gasteiger charge is 2.29. The first kappa shape index (κ1) is 17.0. The molecule has 0 spiro atoms. The summed E-state index contributed by atoms with van der Waals surface area (Å²) >= 11 is 0. The van der Waals surface area contributed by atoms with Crippen molar-refractivity contribution in [1.29, 1.82) is 0 Å². The lowest BCUT2D eigenvalue weighted by Gasteiger charge is -2.25. The van der Waals surface area contributed by atoms with E-state index in [-0.39, 0.29) is 30.3 Å². The van der Waals surface area contributed by atoms with Gasteiger partial charge in [0.25, 0.3) is 5.69 Å². The van der Waals surface area contributed by atoms with Crippen LogP contribution in [0.1, 0.15) is 31.4 Å². The van der Waals surface area contributed by atoms with E-state index in [1.807, 2.05) is 11.5 Å². The van der Waals surface area contributed by atoms with E-state index in [2.05, 4.69) is 4.99 Å². The van der Waals surface area contributed by atoms with Crippen LogP contribution in [0.4, 0.5) is 5.69 Å². The molecule has 4 rings (SSSR count). The van der Waals surface area contributed by atoms with E-state index < -0.39 is 4.92 Å². The van der Waals surface area contributed by atoms with Gasteiger partial charge in [0.05, 0.1) is 41.0 Å². The predicted octanol–water partition coefficient (Wildman–Crippen LogP) is 2.81.